The summed E-state index contributed by atoms with van der Waals surface area (Å²) in [5, 5.41) is 2.85. The third-order valence-corrected chi connectivity index (χ3v) is 4.75. The molecule has 29 heavy (non-hydrogen) atoms. The van der Waals surface area contributed by atoms with Gasteiger partial charge in [0.05, 0.1) is 12.8 Å². The van der Waals surface area contributed by atoms with Gasteiger partial charge in [-0.15, -0.1) is 0 Å². The van der Waals surface area contributed by atoms with Crippen LogP contribution in [0.5, 0.6) is 0 Å². The van der Waals surface area contributed by atoms with Gasteiger partial charge in [-0.05, 0) is 48.0 Å². The second-order valence-corrected chi connectivity index (χ2v) is 6.91. The van der Waals surface area contributed by atoms with Crippen LogP contribution in [-0.2, 0) is 22.7 Å². The average Bonchev–Trinajstić information content (AvgIpc) is 3.36. The van der Waals surface area contributed by atoms with Gasteiger partial charge in [-0.3, -0.25) is 19.8 Å². The number of amides is 4. The SMILES string of the molecule is O=C1NC(=O)N(Cc2ccco2)C(=O)C1=Cc1cccn1Cc1ccc(Cl)cc1. The number of nitrogens with one attached hydrogen (secondary N) is 1. The van der Waals surface area contributed by atoms with Crippen molar-refractivity contribution in [1.29, 1.82) is 0 Å². The lowest BCUT2D eigenvalue weighted by Gasteiger charge is -2.25. The van der Waals surface area contributed by atoms with Gasteiger partial charge in [0.2, 0.25) is 0 Å². The van der Waals surface area contributed by atoms with E-state index >= 15 is 0 Å². The molecule has 1 fully saturated rings. The first kappa shape index (κ1) is 18.8. The number of carbonyl (C=O) groups is 3. The van der Waals surface area contributed by atoms with E-state index in [1.807, 2.05) is 29.0 Å². The third-order valence-electron chi connectivity index (χ3n) is 4.50. The number of carbonyl (C=O) groups excluding carboxylic acids is 3. The van der Waals surface area contributed by atoms with Crippen molar-refractivity contribution in [3.63, 3.8) is 0 Å². The van der Waals surface area contributed by atoms with Gasteiger partial charge in [-0.1, -0.05) is 23.7 Å². The maximum Gasteiger partial charge on any atom is 0.331 e. The molecule has 146 valence electrons. The Kier molecular flexibility index (Phi) is 5.05. The van der Waals surface area contributed by atoms with Crippen LogP contribution in [0, 0.1) is 0 Å². The van der Waals surface area contributed by atoms with Crippen LogP contribution in [0.15, 0.2) is 71.0 Å². The fourth-order valence-electron chi connectivity index (χ4n) is 3.03. The van der Waals surface area contributed by atoms with Crippen LogP contribution in [-0.4, -0.2) is 27.3 Å². The van der Waals surface area contributed by atoms with Gasteiger partial charge in [0.25, 0.3) is 11.8 Å². The first-order chi connectivity index (χ1) is 14.0. The summed E-state index contributed by atoms with van der Waals surface area (Å²) in [4.78, 5) is 38.2. The van der Waals surface area contributed by atoms with Gasteiger partial charge in [-0.25, -0.2) is 4.79 Å². The van der Waals surface area contributed by atoms with Crippen LogP contribution >= 0.6 is 11.6 Å². The smallest absolute Gasteiger partial charge is 0.331 e. The van der Waals surface area contributed by atoms with Crippen molar-refractivity contribution in [2.45, 2.75) is 13.1 Å². The Labute approximate surface area is 171 Å². The molecule has 1 saturated heterocycles. The van der Waals surface area contributed by atoms with E-state index < -0.39 is 17.8 Å². The molecule has 1 N–H and O–H groups in total. The molecule has 0 unspecified atom stereocenters. The number of aromatic nitrogens is 1. The maximum atomic E-state index is 12.8. The van der Waals surface area contributed by atoms with Crippen molar-refractivity contribution in [2.75, 3.05) is 0 Å². The number of halogens is 1. The van der Waals surface area contributed by atoms with Gasteiger partial charge < -0.3 is 8.98 Å². The minimum absolute atomic E-state index is 0.0614. The fraction of sp³-hybridized carbons (Fsp3) is 0.0952. The van der Waals surface area contributed by atoms with Gasteiger partial charge >= 0.3 is 6.03 Å². The molecular formula is C21H16ClN3O4. The number of imide groups is 2. The van der Waals surface area contributed by atoms with Crippen molar-refractivity contribution in [1.82, 2.24) is 14.8 Å². The Morgan fingerprint density at radius 2 is 1.79 bits per heavy atom. The Morgan fingerprint density at radius 3 is 2.52 bits per heavy atom. The van der Waals surface area contributed by atoms with Crippen LogP contribution in [0.3, 0.4) is 0 Å². The molecule has 0 radical (unpaired) electrons. The molecule has 2 aromatic heterocycles. The molecule has 1 aliphatic heterocycles. The molecule has 8 heteroatoms. The van der Waals surface area contributed by atoms with Crippen molar-refractivity contribution < 1.29 is 18.8 Å². The minimum atomic E-state index is -0.773. The van der Waals surface area contributed by atoms with E-state index in [2.05, 4.69) is 5.32 Å². The molecule has 0 aliphatic carbocycles. The van der Waals surface area contributed by atoms with E-state index in [1.54, 1.807) is 30.3 Å². The lowest BCUT2D eigenvalue weighted by Crippen LogP contribution is -2.53. The summed E-state index contributed by atoms with van der Waals surface area (Å²) in [6.45, 7) is 0.474. The largest absolute Gasteiger partial charge is 0.467 e. The van der Waals surface area contributed by atoms with E-state index in [4.69, 9.17) is 16.0 Å². The number of hydrogen-bond acceptors (Lipinski definition) is 4. The molecule has 1 aliphatic rings. The molecule has 3 heterocycles. The molecule has 1 aromatic carbocycles. The van der Waals surface area contributed by atoms with Crippen molar-refractivity contribution in [2.24, 2.45) is 0 Å². The topological polar surface area (TPSA) is 84.6 Å². The predicted octanol–water partition coefficient (Wildman–Crippen LogP) is 3.44. The van der Waals surface area contributed by atoms with Crippen molar-refractivity contribution in [3.8, 4) is 0 Å². The summed E-state index contributed by atoms with van der Waals surface area (Å²) in [6.07, 6.45) is 4.78. The monoisotopic (exact) mass is 409 g/mol. The molecule has 0 saturated carbocycles. The zero-order valence-electron chi connectivity index (χ0n) is 15.2. The number of nitrogens with zero attached hydrogens (tertiary/aromatic N) is 2. The number of urea groups is 1. The first-order valence-corrected chi connectivity index (χ1v) is 9.20. The number of benzene rings is 1. The van der Waals surface area contributed by atoms with E-state index in [1.165, 1.54) is 12.3 Å². The lowest BCUT2D eigenvalue weighted by atomic mass is 10.1. The second kappa shape index (κ2) is 7.81. The van der Waals surface area contributed by atoms with Crippen molar-refractivity contribution >= 4 is 35.5 Å². The number of hydrogen-bond donors (Lipinski definition) is 1. The van der Waals surface area contributed by atoms with Crippen LogP contribution < -0.4 is 5.32 Å². The molecule has 7 nitrogen and oxygen atoms in total. The molecule has 4 amide bonds. The number of rotatable bonds is 5. The Bertz CT molecular complexity index is 1100. The van der Waals surface area contributed by atoms with Crippen LogP contribution in [0.2, 0.25) is 5.02 Å². The molecule has 3 aromatic rings. The Morgan fingerprint density at radius 1 is 1.00 bits per heavy atom. The van der Waals surface area contributed by atoms with Crippen LogP contribution in [0.4, 0.5) is 4.79 Å². The predicted molar refractivity (Wildman–Crippen MR) is 106 cm³/mol. The van der Waals surface area contributed by atoms with Gasteiger partial charge in [0, 0.05) is 23.5 Å². The maximum absolute atomic E-state index is 12.8. The Balaban J connectivity index is 1.60. The first-order valence-electron chi connectivity index (χ1n) is 8.82. The summed E-state index contributed by atoms with van der Waals surface area (Å²) in [7, 11) is 0. The summed E-state index contributed by atoms with van der Waals surface area (Å²) < 4.78 is 7.10. The van der Waals surface area contributed by atoms with E-state index in [-0.39, 0.29) is 12.1 Å². The third kappa shape index (κ3) is 4.00. The standard InChI is InChI=1S/C21H16ClN3O4/c22-15-7-5-14(6-8-15)12-24-9-1-3-16(24)11-18-19(26)23-21(28)25(20(18)27)13-17-4-2-10-29-17/h1-11H,12-13H2,(H,23,26,28). The second-order valence-electron chi connectivity index (χ2n) is 6.48. The highest BCUT2D eigenvalue weighted by Crippen LogP contribution is 2.19. The van der Waals surface area contributed by atoms with Crippen LogP contribution in [0.25, 0.3) is 6.08 Å². The average molecular weight is 410 g/mol. The zero-order chi connectivity index (χ0) is 20.4. The highest BCUT2D eigenvalue weighted by Gasteiger charge is 2.36. The van der Waals surface area contributed by atoms with Crippen LogP contribution in [0.1, 0.15) is 17.0 Å². The molecular weight excluding hydrogens is 394 g/mol. The highest BCUT2D eigenvalue weighted by molar-refractivity contribution is 6.31. The summed E-state index contributed by atoms with van der Waals surface area (Å²) in [5.41, 5.74) is 1.55. The zero-order valence-corrected chi connectivity index (χ0v) is 15.9. The van der Waals surface area contributed by atoms with E-state index in [0.717, 1.165) is 10.5 Å². The van der Waals surface area contributed by atoms with E-state index in [9.17, 15) is 14.4 Å². The van der Waals surface area contributed by atoms with E-state index in [0.29, 0.717) is 23.0 Å². The minimum Gasteiger partial charge on any atom is -0.467 e. The Hall–Kier alpha value is -3.58. The summed E-state index contributed by atoms with van der Waals surface area (Å²) in [6, 6.07) is 13.6. The molecule has 4 rings (SSSR count). The fourth-order valence-corrected chi connectivity index (χ4v) is 3.16. The van der Waals surface area contributed by atoms with Gasteiger partial charge in [0.1, 0.15) is 11.3 Å². The number of furan rings is 1. The summed E-state index contributed by atoms with van der Waals surface area (Å²) in [5.74, 6) is -0.961. The quantitative estimate of drug-likeness (QED) is 0.516. The molecule has 0 bridgehead atoms. The highest BCUT2D eigenvalue weighted by atomic mass is 35.5. The summed E-state index contributed by atoms with van der Waals surface area (Å²) >= 11 is 5.92. The molecule has 0 spiro atoms. The lowest BCUT2D eigenvalue weighted by molar-refractivity contribution is -0.130. The van der Waals surface area contributed by atoms with Crippen molar-refractivity contribution in [3.05, 3.63) is 88.6 Å². The molecule has 0 atom stereocenters. The number of barbiturate groups is 1. The normalized spacial score (nSPS) is 15.8. The van der Waals surface area contributed by atoms with Gasteiger partial charge in [-0.2, -0.15) is 0 Å². The van der Waals surface area contributed by atoms with Gasteiger partial charge in [0.15, 0.2) is 0 Å².